The second kappa shape index (κ2) is 5.39. The summed E-state index contributed by atoms with van der Waals surface area (Å²) in [6.45, 7) is 3.13. The molecule has 1 amide bonds. The second-order valence-corrected chi connectivity index (χ2v) is 7.54. The van der Waals surface area contributed by atoms with E-state index in [-0.39, 0.29) is 17.8 Å². The van der Waals surface area contributed by atoms with E-state index in [4.69, 9.17) is 5.73 Å². The number of hydrogen-bond acceptors (Lipinski definition) is 4. The largest absolute Gasteiger partial charge is 0.332 e. The van der Waals surface area contributed by atoms with Gasteiger partial charge in [0.05, 0.1) is 9.88 Å². The predicted octanol–water partition coefficient (Wildman–Crippen LogP) is 2.68. The van der Waals surface area contributed by atoms with Crippen molar-refractivity contribution in [3.05, 3.63) is 40.8 Å². The van der Waals surface area contributed by atoms with Crippen LogP contribution < -0.4 is 5.73 Å². The minimum Gasteiger partial charge on any atom is -0.332 e. The Labute approximate surface area is 138 Å². The first-order valence-electron chi connectivity index (χ1n) is 7.83. The van der Waals surface area contributed by atoms with Crippen molar-refractivity contribution in [2.45, 2.75) is 19.4 Å². The lowest BCUT2D eigenvalue weighted by atomic mass is 10.1. The van der Waals surface area contributed by atoms with Crippen LogP contribution in [-0.4, -0.2) is 34.9 Å². The lowest BCUT2D eigenvalue weighted by Gasteiger charge is -2.26. The number of benzene rings is 1. The molecule has 3 atom stereocenters. The van der Waals surface area contributed by atoms with Gasteiger partial charge in [0.25, 0.3) is 5.91 Å². The van der Waals surface area contributed by atoms with E-state index in [1.807, 2.05) is 17.9 Å². The highest BCUT2D eigenvalue weighted by molar-refractivity contribution is 7.15. The number of carbonyl (C=O) groups excluding carboxylic acids is 1. The van der Waals surface area contributed by atoms with E-state index in [1.54, 1.807) is 6.07 Å². The zero-order valence-corrected chi connectivity index (χ0v) is 13.6. The Hall–Kier alpha value is -1.79. The van der Waals surface area contributed by atoms with Crippen molar-refractivity contribution >= 4 is 17.2 Å². The molecule has 6 heteroatoms. The zero-order chi connectivity index (χ0) is 16.1. The van der Waals surface area contributed by atoms with Crippen molar-refractivity contribution in [2.24, 2.45) is 17.6 Å². The molecule has 23 heavy (non-hydrogen) atoms. The fourth-order valence-electron chi connectivity index (χ4n) is 3.64. The first-order valence-corrected chi connectivity index (χ1v) is 8.64. The van der Waals surface area contributed by atoms with Gasteiger partial charge in [-0.2, -0.15) is 0 Å². The van der Waals surface area contributed by atoms with E-state index in [0.29, 0.717) is 29.6 Å². The molecular formula is C17H18FN3OS. The predicted molar refractivity (Wildman–Crippen MR) is 87.7 cm³/mol. The van der Waals surface area contributed by atoms with Gasteiger partial charge < -0.3 is 10.6 Å². The topological polar surface area (TPSA) is 59.2 Å². The molecule has 0 radical (unpaired) electrons. The average Bonchev–Trinajstić information content (AvgIpc) is 3.03. The van der Waals surface area contributed by atoms with Gasteiger partial charge in [-0.15, -0.1) is 11.3 Å². The highest BCUT2D eigenvalue weighted by atomic mass is 32.1. The van der Waals surface area contributed by atoms with E-state index in [2.05, 4.69) is 4.98 Å². The van der Waals surface area contributed by atoms with E-state index in [9.17, 15) is 9.18 Å². The third kappa shape index (κ3) is 2.46. The number of rotatable bonds is 3. The number of carbonyl (C=O) groups is 1. The molecule has 120 valence electrons. The Morgan fingerprint density at radius 3 is 3.09 bits per heavy atom. The second-order valence-electron chi connectivity index (χ2n) is 6.34. The first-order chi connectivity index (χ1) is 11.1. The van der Waals surface area contributed by atoms with Crippen LogP contribution in [0.2, 0.25) is 0 Å². The summed E-state index contributed by atoms with van der Waals surface area (Å²) in [7, 11) is 0. The maximum atomic E-state index is 13.5. The van der Waals surface area contributed by atoms with Crippen molar-refractivity contribution in [3.8, 4) is 10.4 Å². The number of nitrogens with two attached hydrogens (primary N) is 1. The van der Waals surface area contributed by atoms with Gasteiger partial charge in [-0.1, -0.05) is 12.1 Å². The molecule has 4 rings (SSSR count). The third-order valence-corrected chi connectivity index (χ3v) is 5.85. The van der Waals surface area contributed by atoms with E-state index in [0.717, 1.165) is 16.4 Å². The van der Waals surface area contributed by atoms with Crippen LogP contribution in [0.4, 0.5) is 4.39 Å². The van der Waals surface area contributed by atoms with Gasteiger partial charge >= 0.3 is 0 Å². The minimum absolute atomic E-state index is 0.0729. The first kappa shape index (κ1) is 14.8. The Kier molecular flexibility index (Phi) is 3.46. The Morgan fingerprint density at radius 1 is 1.52 bits per heavy atom. The van der Waals surface area contributed by atoms with Crippen LogP contribution in [0.1, 0.15) is 21.9 Å². The van der Waals surface area contributed by atoms with Gasteiger partial charge in [-0.05, 0) is 42.9 Å². The maximum absolute atomic E-state index is 13.5. The smallest absolute Gasteiger partial charge is 0.274 e. The lowest BCUT2D eigenvalue weighted by molar-refractivity contribution is 0.0708. The lowest BCUT2D eigenvalue weighted by Crippen LogP contribution is -2.43. The number of halogens is 1. The van der Waals surface area contributed by atoms with Crippen LogP contribution in [0.3, 0.4) is 0 Å². The summed E-state index contributed by atoms with van der Waals surface area (Å²) >= 11 is 1.43. The van der Waals surface area contributed by atoms with Gasteiger partial charge in [0.2, 0.25) is 0 Å². The molecule has 2 heterocycles. The van der Waals surface area contributed by atoms with Crippen LogP contribution in [0.25, 0.3) is 10.4 Å². The van der Waals surface area contributed by atoms with Crippen LogP contribution in [0.5, 0.6) is 0 Å². The number of aromatic nitrogens is 1. The number of nitrogens with zero attached hydrogens (tertiary/aromatic N) is 2. The molecule has 0 spiro atoms. The summed E-state index contributed by atoms with van der Waals surface area (Å²) in [6, 6.07) is 6.44. The molecule has 0 bridgehead atoms. The summed E-state index contributed by atoms with van der Waals surface area (Å²) in [5.74, 6) is 0.775. The summed E-state index contributed by atoms with van der Waals surface area (Å²) < 4.78 is 13.5. The number of aryl methyl sites for hydroxylation is 1. The Morgan fingerprint density at radius 2 is 2.35 bits per heavy atom. The molecule has 2 N–H and O–H groups in total. The molecule has 2 fully saturated rings. The van der Waals surface area contributed by atoms with Crippen molar-refractivity contribution in [1.82, 2.24) is 9.88 Å². The van der Waals surface area contributed by atoms with E-state index < -0.39 is 0 Å². The molecule has 2 aromatic rings. The SMILES string of the molecule is Cc1nc(C(=O)N2C[C@H]3C[C@H]3[C@H]2CN)c(-c2cccc(F)c2)s1. The minimum atomic E-state index is -0.311. The van der Waals surface area contributed by atoms with E-state index >= 15 is 0 Å². The molecular weight excluding hydrogens is 313 g/mol. The molecule has 1 aromatic heterocycles. The standard InChI is InChI=1S/C17H18FN3OS/c1-9-20-15(16(23-9)10-3-2-4-12(18)5-10)17(22)21-8-11-6-13(11)14(21)7-19/h2-5,11,13-14H,6-8,19H2,1H3/t11-,13-,14-/m1/s1. The van der Waals surface area contributed by atoms with Gasteiger partial charge in [-0.25, -0.2) is 9.37 Å². The van der Waals surface area contributed by atoms with E-state index in [1.165, 1.54) is 29.9 Å². The highest BCUT2D eigenvalue weighted by Crippen LogP contribution is 2.49. The summed E-state index contributed by atoms with van der Waals surface area (Å²) in [5.41, 5.74) is 7.00. The summed E-state index contributed by atoms with van der Waals surface area (Å²) in [5, 5.41) is 0.807. The molecule has 4 nitrogen and oxygen atoms in total. The number of hydrogen-bond donors (Lipinski definition) is 1. The van der Waals surface area contributed by atoms with Crippen molar-refractivity contribution in [3.63, 3.8) is 0 Å². The number of fused-ring (bicyclic) bond motifs is 1. The van der Waals surface area contributed by atoms with Gasteiger partial charge in [0, 0.05) is 19.1 Å². The maximum Gasteiger partial charge on any atom is 0.274 e. The molecule has 0 unspecified atom stereocenters. The number of likely N-dealkylation sites (tertiary alicyclic amines) is 1. The number of piperidine rings is 1. The van der Waals surface area contributed by atoms with Crippen molar-refractivity contribution in [1.29, 1.82) is 0 Å². The molecule has 1 saturated heterocycles. The fourth-order valence-corrected chi connectivity index (χ4v) is 4.55. The normalized spacial score (nSPS) is 25.5. The molecule has 1 aliphatic heterocycles. The van der Waals surface area contributed by atoms with Gasteiger partial charge in [-0.3, -0.25) is 4.79 Å². The third-order valence-electron chi connectivity index (χ3n) is 4.83. The van der Waals surface area contributed by atoms with Crippen LogP contribution in [0.15, 0.2) is 24.3 Å². The monoisotopic (exact) mass is 331 g/mol. The highest BCUT2D eigenvalue weighted by Gasteiger charge is 2.53. The van der Waals surface area contributed by atoms with Crippen LogP contribution in [-0.2, 0) is 0 Å². The molecule has 1 aliphatic carbocycles. The molecule has 1 aromatic carbocycles. The van der Waals surface area contributed by atoms with Crippen LogP contribution >= 0.6 is 11.3 Å². The summed E-state index contributed by atoms with van der Waals surface area (Å²) in [6.07, 6.45) is 1.18. The zero-order valence-electron chi connectivity index (χ0n) is 12.8. The average molecular weight is 331 g/mol. The van der Waals surface area contributed by atoms with Gasteiger partial charge in [0.1, 0.15) is 11.5 Å². The number of thiazole rings is 1. The summed E-state index contributed by atoms with van der Waals surface area (Å²) in [4.78, 5) is 20.0. The Balaban J connectivity index is 1.70. The Bertz CT molecular complexity index is 775. The number of amides is 1. The molecule has 2 aliphatic rings. The quantitative estimate of drug-likeness (QED) is 0.941. The van der Waals surface area contributed by atoms with Crippen LogP contribution in [0, 0.1) is 24.6 Å². The van der Waals surface area contributed by atoms with Crippen molar-refractivity contribution < 1.29 is 9.18 Å². The van der Waals surface area contributed by atoms with Crippen molar-refractivity contribution in [2.75, 3.05) is 13.1 Å². The van der Waals surface area contributed by atoms with Gasteiger partial charge in [0.15, 0.2) is 0 Å². The fraction of sp³-hybridized carbons (Fsp3) is 0.412. The molecule has 1 saturated carbocycles.